The van der Waals surface area contributed by atoms with Gasteiger partial charge >= 0.3 is 0 Å². The maximum Gasteiger partial charge on any atom is 0.0114 e. The summed E-state index contributed by atoms with van der Waals surface area (Å²) in [5.74, 6) is 2.37. The Kier molecular flexibility index (Phi) is 5.07. The van der Waals surface area contributed by atoms with Crippen LogP contribution in [-0.2, 0) is 0 Å². The van der Waals surface area contributed by atoms with Gasteiger partial charge in [-0.3, -0.25) is 0 Å². The first-order valence-electron chi connectivity index (χ1n) is 9.63. The highest BCUT2D eigenvalue weighted by Crippen LogP contribution is 2.42. The van der Waals surface area contributed by atoms with E-state index in [0.29, 0.717) is 0 Å². The van der Waals surface area contributed by atoms with E-state index < -0.39 is 0 Å². The number of benzene rings is 4. The van der Waals surface area contributed by atoms with Crippen LogP contribution in [0.4, 0.5) is 0 Å². The molecular formula is C24H26S2. The minimum atomic E-state index is 1.19. The zero-order chi connectivity index (χ0) is 18.3. The normalized spacial score (nSPS) is 12.0. The van der Waals surface area contributed by atoms with E-state index >= 15 is 0 Å². The highest BCUT2D eigenvalue weighted by atomic mass is 32.2. The third-order valence-corrected chi connectivity index (χ3v) is 7.96. The number of rotatable bonds is 6. The van der Waals surface area contributed by atoms with Gasteiger partial charge in [-0.05, 0) is 93.8 Å². The molecule has 0 saturated heterocycles. The van der Waals surface area contributed by atoms with Crippen molar-refractivity contribution in [3.8, 4) is 0 Å². The minimum absolute atomic E-state index is 1.19. The average molecular weight is 379 g/mol. The molecule has 0 spiro atoms. The molecule has 134 valence electrons. The monoisotopic (exact) mass is 378 g/mol. The van der Waals surface area contributed by atoms with Crippen molar-refractivity contribution in [2.75, 3.05) is 11.5 Å². The fourth-order valence-electron chi connectivity index (χ4n) is 3.90. The van der Waals surface area contributed by atoms with Crippen LogP contribution in [0.3, 0.4) is 0 Å². The summed E-state index contributed by atoms with van der Waals surface area (Å²) in [6, 6.07) is 14.2. The lowest BCUT2D eigenvalue weighted by molar-refractivity contribution is 1.10. The Morgan fingerprint density at radius 3 is 1.46 bits per heavy atom. The molecule has 0 aliphatic rings. The fraction of sp³-hybridized carbons (Fsp3) is 0.333. The average Bonchev–Trinajstić information content (AvgIpc) is 2.66. The van der Waals surface area contributed by atoms with Gasteiger partial charge in [0.2, 0.25) is 0 Å². The zero-order valence-corrected chi connectivity index (χ0v) is 17.7. The Hall–Kier alpha value is -1.38. The van der Waals surface area contributed by atoms with E-state index in [1.54, 1.807) is 0 Å². The van der Waals surface area contributed by atoms with E-state index in [-0.39, 0.29) is 0 Å². The van der Waals surface area contributed by atoms with Crippen LogP contribution in [-0.4, -0.2) is 11.5 Å². The van der Waals surface area contributed by atoms with Gasteiger partial charge in [-0.25, -0.2) is 0 Å². The first kappa shape index (κ1) is 18.0. The maximum atomic E-state index is 2.41. The van der Waals surface area contributed by atoms with Crippen LogP contribution < -0.4 is 0 Å². The van der Waals surface area contributed by atoms with Gasteiger partial charge in [0.15, 0.2) is 0 Å². The highest BCUT2D eigenvalue weighted by Gasteiger charge is 2.15. The van der Waals surface area contributed by atoms with Gasteiger partial charge in [-0.15, -0.1) is 23.5 Å². The molecule has 4 rings (SSSR count). The molecule has 4 aromatic rings. The summed E-state index contributed by atoms with van der Waals surface area (Å²) in [5.41, 5.74) is 2.87. The van der Waals surface area contributed by atoms with Crippen LogP contribution in [0, 0.1) is 13.8 Å². The van der Waals surface area contributed by atoms with Gasteiger partial charge < -0.3 is 0 Å². The topological polar surface area (TPSA) is 0 Å². The highest BCUT2D eigenvalue weighted by molar-refractivity contribution is 7.99. The number of aryl methyl sites for hydroxylation is 2. The largest absolute Gasteiger partial charge is 0.126 e. The van der Waals surface area contributed by atoms with Gasteiger partial charge in [0.05, 0.1) is 0 Å². The number of hydrogen-bond donors (Lipinski definition) is 0. The van der Waals surface area contributed by atoms with Crippen molar-refractivity contribution in [1.82, 2.24) is 0 Å². The van der Waals surface area contributed by atoms with Gasteiger partial charge in [-0.1, -0.05) is 38.1 Å². The quantitative estimate of drug-likeness (QED) is 0.245. The third-order valence-electron chi connectivity index (χ3n) is 5.27. The van der Waals surface area contributed by atoms with Gasteiger partial charge in [0.25, 0.3) is 0 Å². The van der Waals surface area contributed by atoms with Gasteiger partial charge in [-0.2, -0.15) is 0 Å². The summed E-state index contributed by atoms with van der Waals surface area (Å²) in [4.78, 5) is 2.88. The van der Waals surface area contributed by atoms with Crippen molar-refractivity contribution in [2.45, 2.75) is 50.3 Å². The first-order chi connectivity index (χ1) is 12.7. The second-order valence-electron chi connectivity index (χ2n) is 7.12. The lowest BCUT2D eigenvalue weighted by Crippen LogP contribution is -1.92. The molecule has 2 heteroatoms. The molecule has 0 aliphatic carbocycles. The molecule has 0 atom stereocenters. The van der Waals surface area contributed by atoms with Crippen molar-refractivity contribution < 1.29 is 0 Å². The van der Waals surface area contributed by atoms with Gasteiger partial charge in [0, 0.05) is 9.79 Å². The summed E-state index contributed by atoms with van der Waals surface area (Å²) in [7, 11) is 0. The Balaban J connectivity index is 2.02. The van der Waals surface area contributed by atoms with E-state index in [9.17, 15) is 0 Å². The van der Waals surface area contributed by atoms with Crippen LogP contribution in [0.5, 0.6) is 0 Å². The standard InChI is InChI=1S/C24H26S2/c1-5-11-25-21-13-17-7-8-18-14-22(26-12-6-2)16(4)20-10-9-19(15(21)3)23(17)24(18)20/h7-10,13-14H,5-6,11-12H2,1-4H3. The molecule has 26 heavy (non-hydrogen) atoms. The number of thioether (sulfide) groups is 2. The summed E-state index contributed by atoms with van der Waals surface area (Å²) in [6.07, 6.45) is 2.43. The van der Waals surface area contributed by atoms with Crippen LogP contribution in [0.25, 0.3) is 32.3 Å². The van der Waals surface area contributed by atoms with Crippen molar-refractivity contribution in [1.29, 1.82) is 0 Å². The molecule has 0 unspecified atom stereocenters. The molecule has 0 fully saturated rings. The Labute approximate surface area is 165 Å². The van der Waals surface area contributed by atoms with Crippen molar-refractivity contribution in [3.05, 3.63) is 47.5 Å². The summed E-state index contributed by atoms with van der Waals surface area (Å²) in [5, 5.41) is 8.52. The fourth-order valence-corrected chi connectivity index (χ4v) is 5.82. The lowest BCUT2D eigenvalue weighted by atomic mass is 9.90. The predicted molar refractivity (Wildman–Crippen MR) is 122 cm³/mol. The molecule has 0 saturated carbocycles. The first-order valence-corrected chi connectivity index (χ1v) is 11.6. The SMILES string of the molecule is CCCSc1cc2ccc3cc(SCCC)c(C)c4ccc(c1C)c2c34. The molecule has 0 N–H and O–H groups in total. The third kappa shape index (κ3) is 2.88. The molecule has 0 aliphatic heterocycles. The van der Waals surface area contributed by atoms with Crippen molar-refractivity contribution in [2.24, 2.45) is 0 Å². The zero-order valence-electron chi connectivity index (χ0n) is 16.1. The molecular weight excluding hydrogens is 352 g/mol. The predicted octanol–water partition coefficient (Wildman–Crippen LogP) is 8.21. The molecule has 0 nitrogen and oxygen atoms in total. The van der Waals surface area contributed by atoms with E-state index in [1.165, 1.54) is 77.6 Å². The van der Waals surface area contributed by atoms with Crippen LogP contribution in [0.15, 0.2) is 46.2 Å². The Morgan fingerprint density at radius 1 is 0.654 bits per heavy atom. The molecule has 0 radical (unpaired) electrons. The van der Waals surface area contributed by atoms with Crippen molar-refractivity contribution >= 4 is 55.8 Å². The summed E-state index contributed by atoms with van der Waals surface area (Å²) in [6.45, 7) is 9.09. The molecule has 0 amide bonds. The minimum Gasteiger partial charge on any atom is -0.126 e. The maximum absolute atomic E-state index is 2.41. The second kappa shape index (κ2) is 7.32. The molecule has 0 aromatic heterocycles. The molecule has 4 aromatic carbocycles. The lowest BCUT2D eigenvalue weighted by Gasteiger charge is -2.18. The molecule has 0 bridgehead atoms. The molecule has 0 heterocycles. The van der Waals surface area contributed by atoms with E-state index in [1.807, 2.05) is 23.5 Å². The summed E-state index contributed by atoms with van der Waals surface area (Å²) < 4.78 is 0. The van der Waals surface area contributed by atoms with Crippen molar-refractivity contribution in [3.63, 3.8) is 0 Å². The van der Waals surface area contributed by atoms with E-state index in [0.717, 1.165) is 0 Å². The van der Waals surface area contributed by atoms with Crippen LogP contribution >= 0.6 is 23.5 Å². The van der Waals surface area contributed by atoms with Crippen LogP contribution in [0.1, 0.15) is 37.8 Å². The Morgan fingerprint density at radius 2 is 1.08 bits per heavy atom. The summed E-state index contributed by atoms with van der Waals surface area (Å²) >= 11 is 3.99. The smallest absolute Gasteiger partial charge is 0.0114 e. The second-order valence-corrected chi connectivity index (χ2v) is 9.39. The van der Waals surface area contributed by atoms with Gasteiger partial charge in [0.1, 0.15) is 0 Å². The van der Waals surface area contributed by atoms with E-state index in [2.05, 4.69) is 64.1 Å². The Bertz CT molecular complexity index is 991. The number of hydrogen-bond acceptors (Lipinski definition) is 2. The van der Waals surface area contributed by atoms with Crippen LogP contribution in [0.2, 0.25) is 0 Å². The van der Waals surface area contributed by atoms with E-state index in [4.69, 9.17) is 0 Å².